The second-order valence-corrected chi connectivity index (χ2v) is 8.70. The molecule has 5 rings (SSSR count). The summed E-state index contributed by atoms with van der Waals surface area (Å²) in [4.78, 5) is 27.3. The topological polar surface area (TPSA) is 52.6 Å². The molecule has 38 heavy (non-hydrogen) atoms. The Hall–Kier alpha value is -4.96. The monoisotopic (exact) mass is 498 g/mol. The Morgan fingerprint density at radius 3 is 0.868 bits per heavy atom. The van der Waals surface area contributed by atoms with Gasteiger partial charge in [-0.2, -0.15) is 0 Å². The molecule has 4 nitrogen and oxygen atoms in total. The number of rotatable bonds is 6. The summed E-state index contributed by atoms with van der Waals surface area (Å²) in [6, 6.07) is 39.1. The zero-order valence-electron chi connectivity index (χ0n) is 21.2. The van der Waals surface area contributed by atoms with Crippen LogP contribution in [-0.2, 0) is 9.47 Å². The first-order valence-electron chi connectivity index (χ1n) is 12.3. The fourth-order valence-corrected chi connectivity index (χ4v) is 4.94. The summed E-state index contributed by atoms with van der Waals surface area (Å²) in [5, 5.41) is 0. The van der Waals surface area contributed by atoms with Crippen LogP contribution in [0.25, 0.3) is 44.5 Å². The summed E-state index contributed by atoms with van der Waals surface area (Å²) in [6.45, 7) is 0. The molecule has 0 aliphatic heterocycles. The van der Waals surface area contributed by atoms with Crippen LogP contribution in [0.5, 0.6) is 0 Å². The molecule has 0 bridgehead atoms. The van der Waals surface area contributed by atoms with E-state index < -0.39 is 11.9 Å². The summed E-state index contributed by atoms with van der Waals surface area (Å²) >= 11 is 0. The number of hydrogen-bond acceptors (Lipinski definition) is 4. The van der Waals surface area contributed by atoms with Gasteiger partial charge in [-0.1, -0.05) is 121 Å². The van der Waals surface area contributed by atoms with Crippen molar-refractivity contribution in [3.8, 4) is 44.5 Å². The van der Waals surface area contributed by atoms with E-state index >= 15 is 0 Å². The van der Waals surface area contributed by atoms with Crippen molar-refractivity contribution in [2.24, 2.45) is 0 Å². The van der Waals surface area contributed by atoms with Crippen molar-refractivity contribution < 1.29 is 19.1 Å². The third-order valence-electron chi connectivity index (χ3n) is 6.53. The molecule has 0 saturated heterocycles. The highest BCUT2D eigenvalue weighted by molar-refractivity contribution is 6.19. The van der Waals surface area contributed by atoms with Crippen LogP contribution in [0, 0.1) is 0 Å². The molecular formula is C34H26O4. The lowest BCUT2D eigenvalue weighted by atomic mass is 9.77. The number of esters is 2. The van der Waals surface area contributed by atoms with Crippen molar-refractivity contribution in [2.45, 2.75) is 0 Å². The summed E-state index contributed by atoms with van der Waals surface area (Å²) in [6.07, 6.45) is 0. The molecule has 5 aromatic rings. The maximum absolute atomic E-state index is 13.6. The lowest BCUT2D eigenvalue weighted by molar-refractivity contribution is 0.0556. The van der Waals surface area contributed by atoms with Gasteiger partial charge < -0.3 is 9.47 Å². The molecule has 0 amide bonds. The van der Waals surface area contributed by atoms with Crippen molar-refractivity contribution in [3.63, 3.8) is 0 Å². The summed E-state index contributed by atoms with van der Waals surface area (Å²) < 4.78 is 10.6. The third kappa shape index (κ3) is 4.48. The average Bonchev–Trinajstić information content (AvgIpc) is 3.00. The molecule has 0 N–H and O–H groups in total. The van der Waals surface area contributed by atoms with E-state index in [4.69, 9.17) is 9.47 Å². The lowest BCUT2D eigenvalue weighted by Gasteiger charge is -2.26. The minimum atomic E-state index is -0.613. The van der Waals surface area contributed by atoms with Crippen LogP contribution in [0.2, 0.25) is 0 Å². The van der Waals surface area contributed by atoms with E-state index in [-0.39, 0.29) is 11.1 Å². The van der Waals surface area contributed by atoms with Gasteiger partial charge in [0.15, 0.2) is 0 Å². The van der Waals surface area contributed by atoms with Gasteiger partial charge in [0.25, 0.3) is 0 Å². The zero-order chi connectivity index (χ0) is 26.5. The van der Waals surface area contributed by atoms with Gasteiger partial charge in [-0.25, -0.2) is 9.59 Å². The molecule has 0 aliphatic carbocycles. The first kappa shape index (κ1) is 24.7. The Bertz CT molecular complexity index is 1450. The highest BCUT2D eigenvalue weighted by Crippen LogP contribution is 2.50. The fraction of sp³-hybridized carbons (Fsp3) is 0.0588. The van der Waals surface area contributed by atoms with E-state index in [1.54, 1.807) is 0 Å². The molecule has 0 saturated carbocycles. The Morgan fingerprint density at radius 2 is 0.632 bits per heavy atom. The number of carbonyl (C=O) groups is 2. The van der Waals surface area contributed by atoms with E-state index in [2.05, 4.69) is 0 Å². The Kier molecular flexibility index (Phi) is 7.14. The molecule has 186 valence electrons. The van der Waals surface area contributed by atoms with Crippen LogP contribution in [0.4, 0.5) is 0 Å². The van der Waals surface area contributed by atoms with Gasteiger partial charge in [-0.05, 0) is 33.4 Å². The molecule has 0 aromatic heterocycles. The van der Waals surface area contributed by atoms with E-state index in [1.807, 2.05) is 121 Å². The standard InChI is InChI=1S/C34H26O4/c1-37-33(35)31-29(25-19-11-5-12-20-25)27(23-15-7-3-8-16-23)28(24-17-9-4-10-18-24)30(32(31)34(36)38-2)26-21-13-6-14-22-26/h3-22H,1-2H3. The molecule has 5 aromatic carbocycles. The summed E-state index contributed by atoms with van der Waals surface area (Å²) in [7, 11) is 2.65. The van der Waals surface area contributed by atoms with Crippen molar-refractivity contribution in [2.75, 3.05) is 14.2 Å². The SMILES string of the molecule is COC(=O)c1c(C(=O)OC)c(-c2ccccc2)c(-c2ccccc2)c(-c2ccccc2)c1-c1ccccc1. The van der Waals surface area contributed by atoms with E-state index in [9.17, 15) is 9.59 Å². The summed E-state index contributed by atoms with van der Waals surface area (Å²) in [5.74, 6) is -1.23. The maximum Gasteiger partial charge on any atom is 0.339 e. The Morgan fingerprint density at radius 1 is 0.395 bits per heavy atom. The van der Waals surface area contributed by atoms with Crippen LogP contribution in [-0.4, -0.2) is 26.2 Å². The highest BCUT2D eigenvalue weighted by atomic mass is 16.5. The minimum absolute atomic E-state index is 0.169. The number of hydrogen-bond donors (Lipinski definition) is 0. The smallest absolute Gasteiger partial charge is 0.339 e. The quantitative estimate of drug-likeness (QED) is 0.223. The number of methoxy groups -OCH3 is 2. The van der Waals surface area contributed by atoms with Gasteiger partial charge in [-0.3, -0.25) is 0 Å². The number of carbonyl (C=O) groups excluding carboxylic acids is 2. The predicted octanol–water partition coefficient (Wildman–Crippen LogP) is 7.93. The van der Waals surface area contributed by atoms with Crippen LogP contribution in [0.3, 0.4) is 0 Å². The number of ether oxygens (including phenoxy) is 2. The molecule has 0 unspecified atom stereocenters. The lowest BCUT2D eigenvalue weighted by Crippen LogP contribution is -2.17. The zero-order valence-corrected chi connectivity index (χ0v) is 21.2. The molecule has 0 fully saturated rings. The van der Waals surface area contributed by atoms with Gasteiger partial charge in [0.05, 0.1) is 25.3 Å². The first-order chi connectivity index (χ1) is 18.7. The molecule has 0 atom stereocenters. The van der Waals surface area contributed by atoms with Gasteiger partial charge in [0.1, 0.15) is 0 Å². The van der Waals surface area contributed by atoms with Gasteiger partial charge in [0, 0.05) is 11.1 Å². The maximum atomic E-state index is 13.6. The van der Waals surface area contributed by atoms with E-state index in [0.717, 1.165) is 33.4 Å². The number of benzene rings is 5. The molecular weight excluding hydrogens is 472 g/mol. The van der Waals surface area contributed by atoms with Gasteiger partial charge >= 0.3 is 11.9 Å². The predicted molar refractivity (Wildman–Crippen MR) is 151 cm³/mol. The van der Waals surface area contributed by atoms with Crippen LogP contribution in [0.1, 0.15) is 20.7 Å². The van der Waals surface area contributed by atoms with Crippen LogP contribution in [0.15, 0.2) is 121 Å². The third-order valence-corrected chi connectivity index (χ3v) is 6.53. The fourth-order valence-electron chi connectivity index (χ4n) is 4.94. The van der Waals surface area contributed by atoms with Gasteiger partial charge in [-0.15, -0.1) is 0 Å². The largest absolute Gasteiger partial charge is 0.465 e. The molecule has 0 aliphatic rings. The Labute approximate surface area is 222 Å². The average molecular weight is 499 g/mol. The van der Waals surface area contributed by atoms with Crippen molar-refractivity contribution in [3.05, 3.63) is 132 Å². The molecule has 0 radical (unpaired) electrons. The van der Waals surface area contributed by atoms with Crippen molar-refractivity contribution in [1.29, 1.82) is 0 Å². The van der Waals surface area contributed by atoms with Crippen LogP contribution < -0.4 is 0 Å². The second-order valence-electron chi connectivity index (χ2n) is 8.70. The minimum Gasteiger partial charge on any atom is -0.465 e. The highest BCUT2D eigenvalue weighted by Gasteiger charge is 2.34. The second kappa shape index (κ2) is 11.0. The van der Waals surface area contributed by atoms with E-state index in [1.165, 1.54) is 14.2 Å². The van der Waals surface area contributed by atoms with E-state index in [0.29, 0.717) is 11.1 Å². The molecule has 0 heterocycles. The first-order valence-corrected chi connectivity index (χ1v) is 12.3. The van der Waals surface area contributed by atoms with Crippen LogP contribution >= 0.6 is 0 Å². The Balaban J connectivity index is 2.13. The molecule has 0 spiro atoms. The molecule has 4 heteroatoms. The summed E-state index contributed by atoms with van der Waals surface area (Å²) in [5.41, 5.74) is 6.61. The van der Waals surface area contributed by atoms with Crippen molar-refractivity contribution in [1.82, 2.24) is 0 Å². The van der Waals surface area contributed by atoms with Crippen molar-refractivity contribution >= 4 is 11.9 Å². The normalized spacial score (nSPS) is 10.6. The van der Waals surface area contributed by atoms with Gasteiger partial charge in [0.2, 0.25) is 0 Å².